The largest absolute Gasteiger partial charge is 0.417 e. The van der Waals surface area contributed by atoms with Gasteiger partial charge in [-0.2, -0.15) is 13.2 Å². The summed E-state index contributed by atoms with van der Waals surface area (Å²) in [5, 5.41) is 11.1. The maximum absolute atomic E-state index is 12.9. The molecule has 2 aromatic rings. The number of likely N-dealkylation sites (tertiary alicyclic amines) is 1. The van der Waals surface area contributed by atoms with E-state index in [0.717, 1.165) is 31.3 Å². The third kappa shape index (κ3) is 3.91. The molecule has 0 amide bonds. The predicted molar refractivity (Wildman–Crippen MR) is 92.7 cm³/mol. The van der Waals surface area contributed by atoms with Crippen LogP contribution in [0.2, 0.25) is 0 Å². The van der Waals surface area contributed by atoms with Gasteiger partial charge >= 0.3 is 6.18 Å². The Morgan fingerprint density at radius 2 is 1.92 bits per heavy atom. The van der Waals surface area contributed by atoms with Gasteiger partial charge in [0.15, 0.2) is 17.4 Å². The molecule has 1 saturated heterocycles. The second-order valence-electron chi connectivity index (χ2n) is 7.01. The first-order valence-corrected chi connectivity index (χ1v) is 8.64. The van der Waals surface area contributed by atoms with E-state index in [0.29, 0.717) is 23.3 Å². The van der Waals surface area contributed by atoms with Crippen molar-refractivity contribution in [1.29, 1.82) is 0 Å². The maximum Gasteiger partial charge on any atom is 0.417 e. The summed E-state index contributed by atoms with van der Waals surface area (Å²) in [7, 11) is 1.70. The maximum atomic E-state index is 12.9. The molecule has 2 unspecified atom stereocenters. The molecule has 1 aliphatic rings. The summed E-state index contributed by atoms with van der Waals surface area (Å²) >= 11 is 0. The Labute approximate surface area is 150 Å². The van der Waals surface area contributed by atoms with E-state index in [4.69, 9.17) is 0 Å². The first-order valence-electron chi connectivity index (χ1n) is 8.64. The van der Waals surface area contributed by atoms with Crippen molar-refractivity contribution in [2.75, 3.05) is 20.1 Å². The van der Waals surface area contributed by atoms with Crippen LogP contribution < -0.4 is 5.32 Å². The molecule has 2 atom stereocenters. The smallest absolute Gasteiger partial charge is 0.349 e. The minimum absolute atomic E-state index is 0.244. The zero-order valence-corrected chi connectivity index (χ0v) is 15.1. The summed E-state index contributed by atoms with van der Waals surface area (Å²) in [6, 6.07) is 2.33. The van der Waals surface area contributed by atoms with Crippen molar-refractivity contribution in [3.8, 4) is 0 Å². The van der Waals surface area contributed by atoms with E-state index in [9.17, 15) is 13.2 Å². The Balaban J connectivity index is 1.76. The molecule has 2 aromatic heterocycles. The fourth-order valence-corrected chi connectivity index (χ4v) is 3.55. The number of aliphatic imine (C=N–C) groups is 1. The van der Waals surface area contributed by atoms with Gasteiger partial charge in [-0.05, 0) is 30.4 Å². The minimum atomic E-state index is -4.40. The number of guanidine groups is 1. The van der Waals surface area contributed by atoms with Crippen LogP contribution in [0.5, 0.6) is 0 Å². The Morgan fingerprint density at radius 1 is 1.23 bits per heavy atom. The third-order valence-corrected chi connectivity index (χ3v) is 4.59. The molecule has 0 aromatic carbocycles. The molecule has 1 aliphatic heterocycles. The number of aromatic nitrogens is 3. The number of halogens is 3. The van der Waals surface area contributed by atoms with Crippen molar-refractivity contribution in [1.82, 2.24) is 24.8 Å². The second-order valence-corrected chi connectivity index (χ2v) is 7.01. The number of fused-ring (bicyclic) bond motifs is 1. The minimum Gasteiger partial charge on any atom is -0.349 e. The van der Waals surface area contributed by atoms with Crippen molar-refractivity contribution >= 4 is 11.6 Å². The van der Waals surface area contributed by atoms with Crippen molar-refractivity contribution in [3.05, 3.63) is 29.7 Å². The molecule has 0 spiro atoms. The molecule has 26 heavy (non-hydrogen) atoms. The van der Waals surface area contributed by atoms with Gasteiger partial charge in [-0.25, -0.2) is 0 Å². The molecule has 6 nitrogen and oxygen atoms in total. The van der Waals surface area contributed by atoms with Crippen LogP contribution in [0.4, 0.5) is 13.2 Å². The number of nitrogens with one attached hydrogen (secondary N) is 1. The lowest BCUT2D eigenvalue weighted by atomic mass is 9.92. The lowest BCUT2D eigenvalue weighted by Crippen LogP contribution is -2.48. The van der Waals surface area contributed by atoms with E-state index in [1.807, 2.05) is 0 Å². The third-order valence-electron chi connectivity index (χ3n) is 4.59. The lowest BCUT2D eigenvalue weighted by molar-refractivity contribution is -0.137. The number of alkyl halides is 3. The lowest BCUT2D eigenvalue weighted by Gasteiger charge is -2.37. The van der Waals surface area contributed by atoms with Crippen LogP contribution >= 0.6 is 0 Å². The number of nitrogens with zero attached hydrogens (tertiary/aromatic N) is 5. The van der Waals surface area contributed by atoms with E-state index in [-0.39, 0.29) is 6.54 Å². The SMILES string of the molecule is CN=C(NCc1nnc2ccc(C(F)(F)F)cn12)N1CC(C)CC(C)C1. The van der Waals surface area contributed by atoms with Crippen LogP contribution in [0.1, 0.15) is 31.7 Å². The average molecular weight is 368 g/mol. The van der Waals surface area contributed by atoms with Gasteiger partial charge in [0.2, 0.25) is 0 Å². The Hall–Kier alpha value is -2.32. The molecule has 9 heteroatoms. The van der Waals surface area contributed by atoms with Crippen LogP contribution in [0.3, 0.4) is 0 Å². The van der Waals surface area contributed by atoms with Crippen LogP contribution in [-0.4, -0.2) is 45.6 Å². The molecule has 3 heterocycles. The highest BCUT2D eigenvalue weighted by Gasteiger charge is 2.31. The highest BCUT2D eigenvalue weighted by Crippen LogP contribution is 2.29. The first-order chi connectivity index (χ1) is 12.3. The average Bonchev–Trinajstić information content (AvgIpc) is 2.96. The van der Waals surface area contributed by atoms with Gasteiger partial charge in [0.25, 0.3) is 0 Å². The topological polar surface area (TPSA) is 57.8 Å². The summed E-state index contributed by atoms with van der Waals surface area (Å²) in [4.78, 5) is 6.49. The van der Waals surface area contributed by atoms with Gasteiger partial charge in [0.1, 0.15) is 0 Å². The second kappa shape index (κ2) is 7.13. The fourth-order valence-electron chi connectivity index (χ4n) is 3.55. The molecule has 0 aliphatic carbocycles. The molecular weight excluding hydrogens is 345 g/mol. The monoisotopic (exact) mass is 368 g/mol. The number of hydrogen-bond donors (Lipinski definition) is 1. The highest BCUT2D eigenvalue weighted by molar-refractivity contribution is 5.79. The summed E-state index contributed by atoms with van der Waals surface area (Å²) in [6.45, 7) is 6.47. The molecule has 0 bridgehead atoms. The molecule has 0 radical (unpaired) electrons. The van der Waals surface area contributed by atoms with Gasteiger partial charge in [0, 0.05) is 26.3 Å². The van der Waals surface area contributed by atoms with Gasteiger partial charge in [-0.1, -0.05) is 13.8 Å². The summed E-state index contributed by atoms with van der Waals surface area (Å²) in [5.74, 6) is 2.28. The van der Waals surface area contributed by atoms with E-state index in [1.165, 1.54) is 16.9 Å². The molecule has 1 N–H and O–H groups in total. The predicted octanol–water partition coefficient (Wildman–Crippen LogP) is 2.80. The summed E-state index contributed by atoms with van der Waals surface area (Å²) < 4.78 is 40.2. The zero-order chi connectivity index (χ0) is 18.9. The molecule has 0 saturated carbocycles. The van der Waals surface area contributed by atoms with Gasteiger partial charge < -0.3 is 10.2 Å². The molecule has 1 fully saturated rings. The molecular formula is C17H23F3N6. The standard InChI is InChI=1S/C17H23F3N6/c1-11-6-12(2)9-25(8-11)16(21-3)22-7-15-24-23-14-5-4-13(10-26(14)15)17(18,19)20/h4-5,10-12H,6-9H2,1-3H3,(H,21,22). The van der Waals surface area contributed by atoms with Crippen molar-refractivity contribution < 1.29 is 13.2 Å². The van der Waals surface area contributed by atoms with Gasteiger partial charge in [0.05, 0.1) is 12.1 Å². The number of hydrogen-bond acceptors (Lipinski definition) is 3. The number of piperidine rings is 1. The zero-order valence-electron chi connectivity index (χ0n) is 15.1. The van der Waals surface area contributed by atoms with E-state index >= 15 is 0 Å². The number of pyridine rings is 1. The number of rotatable bonds is 2. The van der Waals surface area contributed by atoms with E-state index in [1.54, 1.807) is 7.05 Å². The summed E-state index contributed by atoms with van der Waals surface area (Å²) in [5.41, 5.74) is -0.348. The van der Waals surface area contributed by atoms with Crippen LogP contribution in [0.25, 0.3) is 5.65 Å². The van der Waals surface area contributed by atoms with Gasteiger partial charge in [-0.3, -0.25) is 9.39 Å². The van der Waals surface area contributed by atoms with Crippen molar-refractivity contribution in [3.63, 3.8) is 0 Å². The first kappa shape index (κ1) is 18.5. The normalized spacial score (nSPS) is 22.1. The van der Waals surface area contributed by atoms with Crippen molar-refractivity contribution in [2.45, 2.75) is 33.0 Å². The Kier molecular flexibility index (Phi) is 5.06. The molecule has 3 rings (SSSR count). The Bertz CT molecular complexity index is 787. The van der Waals surface area contributed by atoms with Crippen LogP contribution in [0.15, 0.2) is 23.3 Å². The highest BCUT2D eigenvalue weighted by atomic mass is 19.4. The quantitative estimate of drug-likeness (QED) is 0.654. The van der Waals surface area contributed by atoms with E-state index < -0.39 is 11.7 Å². The fraction of sp³-hybridized carbons (Fsp3) is 0.588. The van der Waals surface area contributed by atoms with Gasteiger partial charge in [-0.15, -0.1) is 10.2 Å². The van der Waals surface area contributed by atoms with E-state index in [2.05, 4.69) is 39.3 Å². The van der Waals surface area contributed by atoms with Crippen LogP contribution in [0, 0.1) is 11.8 Å². The van der Waals surface area contributed by atoms with Crippen molar-refractivity contribution in [2.24, 2.45) is 16.8 Å². The van der Waals surface area contributed by atoms with Crippen LogP contribution in [-0.2, 0) is 12.7 Å². The summed E-state index contributed by atoms with van der Waals surface area (Å²) in [6.07, 6.45) is -2.19. The molecule has 142 valence electrons. The Morgan fingerprint density at radius 3 is 2.54 bits per heavy atom.